The van der Waals surface area contributed by atoms with Gasteiger partial charge in [-0.3, -0.25) is 4.79 Å². The van der Waals surface area contributed by atoms with Crippen molar-refractivity contribution in [3.63, 3.8) is 0 Å². The molecule has 1 fully saturated rings. The Bertz CT molecular complexity index is 765. The molecule has 2 aliphatic heterocycles. The van der Waals surface area contributed by atoms with Crippen LogP contribution in [0.25, 0.3) is 10.9 Å². The van der Waals surface area contributed by atoms with E-state index in [2.05, 4.69) is 23.3 Å². The Labute approximate surface area is 141 Å². The van der Waals surface area contributed by atoms with Crippen molar-refractivity contribution < 1.29 is 14.3 Å². The number of H-pyrrole nitrogens is 1. The third-order valence-electron chi connectivity index (χ3n) is 4.86. The molecule has 1 amide bonds. The summed E-state index contributed by atoms with van der Waals surface area (Å²) in [6.07, 6.45) is 5.48. The van der Waals surface area contributed by atoms with Crippen LogP contribution < -0.4 is 0 Å². The lowest BCUT2D eigenvalue weighted by Crippen LogP contribution is -2.50. The van der Waals surface area contributed by atoms with E-state index in [4.69, 9.17) is 9.47 Å². The van der Waals surface area contributed by atoms with Gasteiger partial charge in [-0.15, -0.1) is 0 Å². The number of morpholine rings is 1. The lowest BCUT2D eigenvalue weighted by molar-refractivity contribution is -0.136. The topological polar surface area (TPSA) is 54.6 Å². The van der Waals surface area contributed by atoms with Crippen LogP contribution >= 0.6 is 0 Å². The van der Waals surface area contributed by atoms with Crippen molar-refractivity contribution >= 4 is 16.8 Å². The van der Waals surface area contributed by atoms with Crippen LogP contribution in [0.4, 0.5) is 0 Å². The molecule has 4 rings (SSSR count). The first kappa shape index (κ1) is 15.4. The molecule has 1 N–H and O–H groups in total. The lowest BCUT2D eigenvalue weighted by atomic mass is 10.0. The third kappa shape index (κ3) is 2.97. The van der Waals surface area contributed by atoms with Gasteiger partial charge in [-0.25, -0.2) is 0 Å². The van der Waals surface area contributed by atoms with Gasteiger partial charge in [0.25, 0.3) is 0 Å². The van der Waals surface area contributed by atoms with Gasteiger partial charge < -0.3 is 19.4 Å². The summed E-state index contributed by atoms with van der Waals surface area (Å²) in [6.45, 7) is 3.03. The number of ether oxygens (including phenoxy) is 2. The number of para-hydroxylation sites is 1. The van der Waals surface area contributed by atoms with E-state index in [9.17, 15) is 4.79 Å². The van der Waals surface area contributed by atoms with Crippen LogP contribution in [0.1, 0.15) is 12.0 Å². The van der Waals surface area contributed by atoms with E-state index in [1.54, 1.807) is 0 Å². The van der Waals surface area contributed by atoms with Gasteiger partial charge in [-0.05, 0) is 18.1 Å². The zero-order valence-corrected chi connectivity index (χ0v) is 13.7. The molecule has 126 valence electrons. The first-order valence-corrected chi connectivity index (χ1v) is 8.53. The fourth-order valence-corrected chi connectivity index (χ4v) is 3.55. The summed E-state index contributed by atoms with van der Waals surface area (Å²) in [5.74, 6) is 0.145. The highest BCUT2D eigenvalue weighted by Crippen LogP contribution is 2.23. The fourth-order valence-electron chi connectivity index (χ4n) is 3.55. The van der Waals surface area contributed by atoms with Gasteiger partial charge in [0.1, 0.15) is 0 Å². The molecule has 1 saturated heterocycles. The van der Waals surface area contributed by atoms with Crippen LogP contribution in [0.5, 0.6) is 0 Å². The molecule has 2 aromatic rings. The summed E-state index contributed by atoms with van der Waals surface area (Å²) in [6, 6.07) is 8.35. The number of amides is 1. The van der Waals surface area contributed by atoms with Gasteiger partial charge in [0.2, 0.25) is 5.91 Å². The van der Waals surface area contributed by atoms with Gasteiger partial charge in [0.05, 0.1) is 32.5 Å². The van der Waals surface area contributed by atoms with Crippen molar-refractivity contribution in [3.8, 4) is 0 Å². The molecule has 2 aliphatic rings. The van der Waals surface area contributed by atoms with E-state index in [-0.39, 0.29) is 11.9 Å². The lowest BCUT2D eigenvalue weighted by Gasteiger charge is -2.36. The third-order valence-corrected chi connectivity index (χ3v) is 4.86. The number of aromatic amines is 1. The van der Waals surface area contributed by atoms with Gasteiger partial charge in [0.15, 0.2) is 0 Å². The van der Waals surface area contributed by atoms with Crippen molar-refractivity contribution in [2.45, 2.75) is 18.9 Å². The molecule has 0 bridgehead atoms. The largest absolute Gasteiger partial charge is 0.377 e. The van der Waals surface area contributed by atoms with Gasteiger partial charge >= 0.3 is 0 Å². The standard InChI is InChI=1S/C19H22N2O3/c22-19(14-5-8-23-9-6-14)21-7-10-24-13-16(21)11-15-12-20-18-4-2-1-3-17(15)18/h1-5,12,16,20H,6-11,13H2. The first-order chi connectivity index (χ1) is 11.8. The molecular weight excluding hydrogens is 304 g/mol. The highest BCUT2D eigenvalue weighted by molar-refractivity contribution is 5.94. The highest BCUT2D eigenvalue weighted by Gasteiger charge is 2.30. The average molecular weight is 326 g/mol. The Morgan fingerprint density at radius 1 is 1.25 bits per heavy atom. The van der Waals surface area contributed by atoms with Gasteiger partial charge in [-0.2, -0.15) is 0 Å². The van der Waals surface area contributed by atoms with E-state index >= 15 is 0 Å². The minimum absolute atomic E-state index is 0.0780. The van der Waals surface area contributed by atoms with Gasteiger partial charge in [0, 0.05) is 35.6 Å². The Morgan fingerprint density at radius 2 is 2.17 bits per heavy atom. The first-order valence-electron chi connectivity index (χ1n) is 8.53. The molecule has 0 aliphatic carbocycles. The van der Waals surface area contributed by atoms with Crippen LogP contribution in [0, 0.1) is 0 Å². The molecule has 1 atom stereocenters. The maximum atomic E-state index is 12.9. The normalized spacial score (nSPS) is 21.8. The van der Waals surface area contributed by atoms with Crippen LogP contribution in [0.15, 0.2) is 42.1 Å². The number of carbonyl (C=O) groups is 1. The Hall–Kier alpha value is -2.11. The molecule has 0 spiro atoms. The molecule has 1 aromatic carbocycles. The Kier molecular flexibility index (Phi) is 4.36. The molecule has 0 saturated carbocycles. The highest BCUT2D eigenvalue weighted by atomic mass is 16.5. The average Bonchev–Trinajstić information content (AvgIpc) is 3.05. The van der Waals surface area contributed by atoms with E-state index in [1.807, 2.05) is 23.1 Å². The zero-order valence-electron chi connectivity index (χ0n) is 13.7. The predicted molar refractivity (Wildman–Crippen MR) is 91.8 cm³/mol. The summed E-state index contributed by atoms with van der Waals surface area (Å²) in [5, 5.41) is 1.22. The smallest absolute Gasteiger partial charge is 0.250 e. The number of carbonyl (C=O) groups excluding carboxylic acids is 1. The summed E-state index contributed by atoms with van der Waals surface area (Å²) >= 11 is 0. The summed E-state index contributed by atoms with van der Waals surface area (Å²) in [7, 11) is 0. The van der Waals surface area contributed by atoms with Crippen LogP contribution in [0.3, 0.4) is 0 Å². The number of rotatable bonds is 3. The molecule has 5 heteroatoms. The minimum atomic E-state index is 0.0780. The van der Waals surface area contributed by atoms with Crippen molar-refractivity contribution in [3.05, 3.63) is 47.7 Å². The number of benzene rings is 1. The number of aromatic nitrogens is 1. The number of hydrogen-bond donors (Lipinski definition) is 1. The maximum absolute atomic E-state index is 12.9. The Balaban J connectivity index is 1.55. The van der Waals surface area contributed by atoms with Crippen molar-refractivity contribution in [2.24, 2.45) is 0 Å². The summed E-state index contributed by atoms with van der Waals surface area (Å²) in [4.78, 5) is 18.2. The molecule has 1 aromatic heterocycles. The molecule has 5 nitrogen and oxygen atoms in total. The predicted octanol–water partition coefficient (Wildman–Crippen LogP) is 2.28. The quantitative estimate of drug-likeness (QED) is 0.941. The van der Waals surface area contributed by atoms with Crippen molar-refractivity contribution in [1.29, 1.82) is 0 Å². The number of fused-ring (bicyclic) bond motifs is 1. The van der Waals surface area contributed by atoms with Crippen LogP contribution in [-0.2, 0) is 20.7 Å². The number of nitrogens with zero attached hydrogens (tertiary/aromatic N) is 1. The van der Waals surface area contributed by atoms with E-state index in [1.165, 1.54) is 10.9 Å². The number of nitrogens with one attached hydrogen (secondary N) is 1. The van der Waals surface area contributed by atoms with Crippen molar-refractivity contribution in [1.82, 2.24) is 9.88 Å². The monoisotopic (exact) mass is 326 g/mol. The maximum Gasteiger partial charge on any atom is 0.250 e. The molecule has 0 radical (unpaired) electrons. The second-order valence-electron chi connectivity index (χ2n) is 6.35. The number of hydrogen-bond acceptors (Lipinski definition) is 3. The zero-order chi connectivity index (χ0) is 16.4. The van der Waals surface area contributed by atoms with Crippen molar-refractivity contribution in [2.75, 3.05) is 33.0 Å². The van der Waals surface area contributed by atoms with Crippen LogP contribution in [0.2, 0.25) is 0 Å². The summed E-state index contributed by atoms with van der Waals surface area (Å²) < 4.78 is 11.0. The SMILES string of the molecule is O=C(C1=CCOCC1)N1CCOCC1Cc1c[nH]c2ccccc12. The minimum Gasteiger partial charge on any atom is -0.377 e. The second-order valence-corrected chi connectivity index (χ2v) is 6.35. The molecule has 1 unspecified atom stereocenters. The second kappa shape index (κ2) is 6.79. The molecule has 24 heavy (non-hydrogen) atoms. The fraction of sp³-hybridized carbons (Fsp3) is 0.421. The Morgan fingerprint density at radius 3 is 3.04 bits per heavy atom. The van der Waals surface area contributed by atoms with E-state index in [0.29, 0.717) is 39.4 Å². The van der Waals surface area contributed by atoms with E-state index < -0.39 is 0 Å². The van der Waals surface area contributed by atoms with Crippen LogP contribution in [-0.4, -0.2) is 54.8 Å². The summed E-state index contributed by atoms with van der Waals surface area (Å²) in [5.41, 5.74) is 3.25. The molecule has 3 heterocycles. The van der Waals surface area contributed by atoms with E-state index in [0.717, 1.165) is 17.5 Å². The van der Waals surface area contributed by atoms with Gasteiger partial charge in [-0.1, -0.05) is 24.3 Å². The molecular formula is C19H22N2O3.